The molecule has 0 amide bonds. The Kier molecular flexibility index (Phi) is 2.70. The van der Waals surface area contributed by atoms with Crippen molar-refractivity contribution in [2.24, 2.45) is 7.05 Å². The van der Waals surface area contributed by atoms with Crippen LogP contribution in [-0.2, 0) is 11.8 Å². The predicted molar refractivity (Wildman–Crippen MR) is 48.6 cm³/mol. The summed E-state index contributed by atoms with van der Waals surface area (Å²) in [6.07, 6.45) is 2.29. The smallest absolute Gasteiger partial charge is 0.312 e. The largest absolute Gasteiger partial charge is 0.481 e. The Morgan fingerprint density at radius 1 is 1.77 bits per heavy atom. The Labute approximate surface area is 77.2 Å². The van der Waals surface area contributed by atoms with Gasteiger partial charge in [0.05, 0.1) is 17.8 Å². The number of carboxylic acid groups (broad SMARTS) is 1. The van der Waals surface area contributed by atoms with Crippen LogP contribution >= 0.6 is 0 Å². The van der Waals surface area contributed by atoms with Crippen molar-refractivity contribution in [2.75, 3.05) is 0 Å². The number of nitrogens with zero attached hydrogens (tertiary/aromatic N) is 2. The van der Waals surface area contributed by atoms with Gasteiger partial charge in [0.1, 0.15) is 0 Å². The van der Waals surface area contributed by atoms with Crippen LogP contribution in [0.2, 0.25) is 0 Å². The first-order valence-electron chi connectivity index (χ1n) is 4.29. The number of rotatable bonds is 3. The van der Waals surface area contributed by atoms with Crippen molar-refractivity contribution in [1.82, 2.24) is 9.78 Å². The fraction of sp³-hybridized carbons (Fsp3) is 0.556. The third-order valence-electron chi connectivity index (χ3n) is 2.21. The molecule has 1 heterocycles. The second-order valence-electron chi connectivity index (χ2n) is 3.14. The first kappa shape index (κ1) is 9.77. The molecular formula is C9H14N2O2. The van der Waals surface area contributed by atoms with Gasteiger partial charge in [-0.05, 0) is 18.9 Å². The minimum atomic E-state index is -0.783. The van der Waals surface area contributed by atoms with Gasteiger partial charge in [-0.3, -0.25) is 9.48 Å². The standard InChI is InChI=1S/C9H14N2O2/c1-4-7(9(12)13)8-6(2)5-10-11(8)3/h5,7H,4H2,1-3H3,(H,12,13). The molecule has 0 saturated carbocycles. The second kappa shape index (κ2) is 3.60. The predicted octanol–water partition coefficient (Wildman–Crippen LogP) is 1.31. The lowest BCUT2D eigenvalue weighted by Gasteiger charge is -2.11. The van der Waals surface area contributed by atoms with Crippen LogP contribution in [0.4, 0.5) is 0 Å². The molecule has 1 unspecified atom stereocenters. The van der Waals surface area contributed by atoms with Gasteiger partial charge in [0, 0.05) is 7.05 Å². The van der Waals surface area contributed by atoms with E-state index in [0.717, 1.165) is 11.3 Å². The van der Waals surface area contributed by atoms with Gasteiger partial charge in [0.25, 0.3) is 0 Å². The third kappa shape index (κ3) is 1.71. The molecule has 0 bridgehead atoms. The molecular weight excluding hydrogens is 168 g/mol. The molecule has 4 nitrogen and oxygen atoms in total. The van der Waals surface area contributed by atoms with E-state index in [4.69, 9.17) is 5.11 Å². The third-order valence-corrected chi connectivity index (χ3v) is 2.21. The zero-order valence-electron chi connectivity index (χ0n) is 8.11. The lowest BCUT2D eigenvalue weighted by atomic mass is 10.00. The summed E-state index contributed by atoms with van der Waals surface area (Å²) in [5.41, 5.74) is 1.74. The molecule has 0 aliphatic carbocycles. The average molecular weight is 182 g/mol. The number of aliphatic carboxylic acids is 1. The number of aromatic nitrogens is 2. The summed E-state index contributed by atoms with van der Waals surface area (Å²) in [5, 5.41) is 13.0. The van der Waals surface area contributed by atoms with Gasteiger partial charge in [-0.1, -0.05) is 6.92 Å². The summed E-state index contributed by atoms with van der Waals surface area (Å²) in [6, 6.07) is 0. The minimum Gasteiger partial charge on any atom is -0.481 e. The maximum Gasteiger partial charge on any atom is 0.312 e. The van der Waals surface area contributed by atoms with Crippen molar-refractivity contribution in [2.45, 2.75) is 26.2 Å². The van der Waals surface area contributed by atoms with E-state index in [1.165, 1.54) is 0 Å². The van der Waals surface area contributed by atoms with Gasteiger partial charge in [0.2, 0.25) is 0 Å². The lowest BCUT2D eigenvalue weighted by molar-refractivity contribution is -0.139. The monoisotopic (exact) mass is 182 g/mol. The second-order valence-corrected chi connectivity index (χ2v) is 3.14. The molecule has 0 fully saturated rings. The van der Waals surface area contributed by atoms with Crippen molar-refractivity contribution < 1.29 is 9.90 Å². The highest BCUT2D eigenvalue weighted by molar-refractivity contribution is 5.75. The van der Waals surface area contributed by atoms with E-state index in [-0.39, 0.29) is 0 Å². The summed E-state index contributed by atoms with van der Waals surface area (Å²) in [4.78, 5) is 10.9. The van der Waals surface area contributed by atoms with E-state index >= 15 is 0 Å². The van der Waals surface area contributed by atoms with Crippen LogP contribution in [0.5, 0.6) is 0 Å². The molecule has 4 heteroatoms. The first-order valence-corrected chi connectivity index (χ1v) is 4.29. The van der Waals surface area contributed by atoms with Crippen LogP contribution in [-0.4, -0.2) is 20.9 Å². The van der Waals surface area contributed by atoms with Crippen molar-refractivity contribution in [3.8, 4) is 0 Å². The molecule has 0 aromatic carbocycles. The first-order chi connectivity index (χ1) is 6.07. The van der Waals surface area contributed by atoms with Crippen LogP contribution in [0.1, 0.15) is 30.5 Å². The highest BCUT2D eigenvalue weighted by Crippen LogP contribution is 2.22. The van der Waals surface area contributed by atoms with Gasteiger partial charge in [-0.25, -0.2) is 0 Å². The van der Waals surface area contributed by atoms with E-state index in [2.05, 4.69) is 5.10 Å². The minimum absolute atomic E-state index is 0.438. The highest BCUT2D eigenvalue weighted by Gasteiger charge is 2.22. The van der Waals surface area contributed by atoms with Crippen LogP contribution in [0.25, 0.3) is 0 Å². The van der Waals surface area contributed by atoms with Crippen molar-refractivity contribution in [1.29, 1.82) is 0 Å². The molecule has 0 aliphatic rings. The Morgan fingerprint density at radius 3 is 2.69 bits per heavy atom. The normalized spacial score (nSPS) is 12.8. The van der Waals surface area contributed by atoms with Gasteiger partial charge in [-0.15, -0.1) is 0 Å². The number of carboxylic acids is 1. The fourth-order valence-electron chi connectivity index (χ4n) is 1.54. The van der Waals surface area contributed by atoms with Gasteiger partial charge in [0.15, 0.2) is 0 Å². The summed E-state index contributed by atoms with van der Waals surface area (Å²) in [6.45, 7) is 3.75. The molecule has 1 rings (SSSR count). The number of carbonyl (C=O) groups is 1. The fourth-order valence-corrected chi connectivity index (χ4v) is 1.54. The number of hydrogen-bond acceptors (Lipinski definition) is 2. The van der Waals surface area contributed by atoms with Crippen LogP contribution in [0.15, 0.2) is 6.20 Å². The van der Waals surface area contributed by atoms with Gasteiger partial charge < -0.3 is 5.11 Å². The van der Waals surface area contributed by atoms with Crippen LogP contribution < -0.4 is 0 Å². The van der Waals surface area contributed by atoms with Crippen molar-refractivity contribution in [3.05, 3.63) is 17.5 Å². The van der Waals surface area contributed by atoms with Gasteiger partial charge >= 0.3 is 5.97 Å². The summed E-state index contributed by atoms with van der Waals surface area (Å²) >= 11 is 0. The Bertz CT molecular complexity index is 298. The molecule has 0 radical (unpaired) electrons. The topological polar surface area (TPSA) is 55.1 Å². The molecule has 1 N–H and O–H groups in total. The molecule has 13 heavy (non-hydrogen) atoms. The van der Waals surface area contributed by atoms with E-state index < -0.39 is 11.9 Å². The SMILES string of the molecule is CCC(C(=O)O)c1c(C)cnn1C. The highest BCUT2D eigenvalue weighted by atomic mass is 16.4. The molecule has 1 atom stereocenters. The molecule has 0 spiro atoms. The Hall–Kier alpha value is -1.32. The van der Waals surface area contributed by atoms with E-state index in [9.17, 15) is 4.79 Å². The van der Waals surface area contributed by atoms with Crippen LogP contribution in [0.3, 0.4) is 0 Å². The number of aryl methyl sites for hydroxylation is 2. The quantitative estimate of drug-likeness (QED) is 0.766. The zero-order valence-corrected chi connectivity index (χ0v) is 8.11. The van der Waals surface area contributed by atoms with Crippen molar-refractivity contribution >= 4 is 5.97 Å². The molecule has 0 saturated heterocycles. The van der Waals surface area contributed by atoms with E-state index in [1.54, 1.807) is 17.9 Å². The molecule has 0 aliphatic heterocycles. The van der Waals surface area contributed by atoms with Crippen LogP contribution in [0, 0.1) is 6.92 Å². The average Bonchev–Trinajstić information content (AvgIpc) is 2.36. The summed E-state index contributed by atoms with van der Waals surface area (Å²) in [7, 11) is 1.77. The maximum atomic E-state index is 10.9. The number of hydrogen-bond donors (Lipinski definition) is 1. The molecule has 1 aromatic rings. The van der Waals surface area contributed by atoms with E-state index in [0.29, 0.717) is 6.42 Å². The van der Waals surface area contributed by atoms with E-state index in [1.807, 2.05) is 13.8 Å². The van der Waals surface area contributed by atoms with Crippen molar-refractivity contribution in [3.63, 3.8) is 0 Å². The zero-order chi connectivity index (χ0) is 10.0. The Balaban J connectivity index is 3.10. The molecule has 1 aromatic heterocycles. The molecule has 72 valence electrons. The summed E-state index contributed by atoms with van der Waals surface area (Å²) < 4.78 is 1.64. The van der Waals surface area contributed by atoms with Gasteiger partial charge in [-0.2, -0.15) is 5.10 Å². The Morgan fingerprint density at radius 2 is 2.38 bits per heavy atom. The summed E-state index contributed by atoms with van der Waals surface area (Å²) in [5.74, 6) is -1.22. The maximum absolute atomic E-state index is 10.9. The lowest BCUT2D eigenvalue weighted by Crippen LogP contribution is -2.15.